The highest BCUT2D eigenvalue weighted by atomic mass is 16.6. The molecule has 0 spiro atoms. The predicted molar refractivity (Wildman–Crippen MR) is 81.3 cm³/mol. The van der Waals surface area contributed by atoms with Crippen molar-refractivity contribution in [2.45, 2.75) is 45.3 Å². The summed E-state index contributed by atoms with van der Waals surface area (Å²) in [5.41, 5.74) is 0.0212. The van der Waals surface area contributed by atoms with Crippen LogP contribution in [-0.2, 0) is 14.3 Å². The van der Waals surface area contributed by atoms with Crippen LogP contribution in [0.25, 0.3) is 0 Å². The minimum absolute atomic E-state index is 0.116. The van der Waals surface area contributed by atoms with Crippen molar-refractivity contribution >= 4 is 17.7 Å². The summed E-state index contributed by atoms with van der Waals surface area (Å²) in [6.07, 6.45) is 0.456. The molecule has 118 valence electrons. The van der Waals surface area contributed by atoms with Gasteiger partial charge in [0.1, 0.15) is 11.6 Å². The van der Waals surface area contributed by atoms with Crippen LogP contribution in [0.5, 0.6) is 0 Å². The van der Waals surface area contributed by atoms with Gasteiger partial charge in [0.05, 0.1) is 5.92 Å². The van der Waals surface area contributed by atoms with Gasteiger partial charge in [-0.25, -0.2) is 0 Å². The third-order valence-electron chi connectivity index (χ3n) is 3.46. The number of esters is 1. The lowest BCUT2D eigenvalue weighted by atomic mass is 9.82. The molecule has 0 unspecified atom stereocenters. The highest BCUT2D eigenvalue weighted by Crippen LogP contribution is 2.24. The molecule has 1 amide bonds. The second kappa shape index (κ2) is 6.30. The summed E-state index contributed by atoms with van der Waals surface area (Å²) in [7, 11) is 0. The second-order valence-electron chi connectivity index (χ2n) is 6.45. The first-order valence-corrected chi connectivity index (χ1v) is 7.39. The van der Waals surface area contributed by atoms with E-state index in [9.17, 15) is 14.4 Å². The van der Waals surface area contributed by atoms with Crippen molar-refractivity contribution in [1.29, 1.82) is 0 Å². The van der Waals surface area contributed by atoms with Gasteiger partial charge in [0.2, 0.25) is 5.91 Å². The molecule has 0 saturated carbocycles. The number of benzene rings is 1. The molecule has 1 aliphatic rings. The van der Waals surface area contributed by atoms with E-state index in [1.807, 2.05) is 6.07 Å². The molecule has 5 nitrogen and oxygen atoms in total. The molecule has 22 heavy (non-hydrogen) atoms. The molecule has 0 aromatic heterocycles. The average Bonchev–Trinajstić information content (AvgIpc) is 2.43. The summed E-state index contributed by atoms with van der Waals surface area (Å²) in [5.74, 6) is -1.11. The van der Waals surface area contributed by atoms with Crippen molar-refractivity contribution in [2.75, 3.05) is 0 Å². The van der Waals surface area contributed by atoms with Gasteiger partial charge in [-0.2, -0.15) is 0 Å². The van der Waals surface area contributed by atoms with Gasteiger partial charge >= 0.3 is 5.97 Å². The Labute approximate surface area is 130 Å². The summed E-state index contributed by atoms with van der Waals surface area (Å²) in [6, 6.07) is 8.29. The number of rotatable bonds is 5. The number of β-lactam (4-membered cyclic amide) rings is 1. The highest BCUT2D eigenvalue weighted by Gasteiger charge is 2.43. The maximum absolute atomic E-state index is 12.3. The minimum atomic E-state index is -0.544. The zero-order chi connectivity index (χ0) is 16.3. The third kappa shape index (κ3) is 3.93. The second-order valence-corrected chi connectivity index (χ2v) is 6.45. The summed E-state index contributed by atoms with van der Waals surface area (Å²) in [4.78, 5) is 35.7. The Morgan fingerprint density at radius 1 is 1.18 bits per heavy atom. The number of amides is 1. The van der Waals surface area contributed by atoms with Crippen LogP contribution in [0.4, 0.5) is 0 Å². The average molecular weight is 303 g/mol. The molecule has 1 aromatic carbocycles. The Balaban J connectivity index is 1.92. The molecule has 2 atom stereocenters. The number of ether oxygens (including phenoxy) is 1. The molecule has 1 N–H and O–H groups in total. The molecule has 1 saturated heterocycles. The molecule has 2 rings (SSSR count). The van der Waals surface area contributed by atoms with Crippen molar-refractivity contribution in [3.05, 3.63) is 35.9 Å². The molecule has 1 aliphatic heterocycles. The number of hydrogen-bond donors (Lipinski definition) is 1. The van der Waals surface area contributed by atoms with E-state index in [1.165, 1.54) is 0 Å². The van der Waals surface area contributed by atoms with Gasteiger partial charge in [0.15, 0.2) is 5.78 Å². The van der Waals surface area contributed by atoms with Crippen LogP contribution in [0, 0.1) is 5.92 Å². The summed E-state index contributed by atoms with van der Waals surface area (Å²) < 4.78 is 5.22. The minimum Gasteiger partial charge on any atom is -0.460 e. The Morgan fingerprint density at radius 2 is 1.82 bits per heavy atom. The normalized spacial score (nSPS) is 20.8. The lowest BCUT2D eigenvalue weighted by Crippen LogP contribution is -2.61. The van der Waals surface area contributed by atoms with Crippen molar-refractivity contribution in [1.82, 2.24) is 5.32 Å². The van der Waals surface area contributed by atoms with Gasteiger partial charge in [-0.15, -0.1) is 0 Å². The van der Waals surface area contributed by atoms with Gasteiger partial charge in [-0.3, -0.25) is 14.4 Å². The quantitative estimate of drug-likeness (QED) is 0.514. The van der Waals surface area contributed by atoms with Crippen LogP contribution in [0.2, 0.25) is 0 Å². The smallest absolute Gasteiger partial charge is 0.306 e. The molecule has 0 aliphatic carbocycles. The Morgan fingerprint density at radius 3 is 2.36 bits per heavy atom. The van der Waals surface area contributed by atoms with E-state index >= 15 is 0 Å². The van der Waals surface area contributed by atoms with E-state index in [4.69, 9.17) is 4.74 Å². The molecular weight excluding hydrogens is 282 g/mol. The summed E-state index contributed by atoms with van der Waals surface area (Å²) in [6.45, 7) is 5.38. The third-order valence-corrected chi connectivity index (χ3v) is 3.46. The van der Waals surface area contributed by atoms with Crippen molar-refractivity contribution in [3.63, 3.8) is 0 Å². The molecule has 1 heterocycles. The highest BCUT2D eigenvalue weighted by molar-refractivity contribution is 6.08. The van der Waals surface area contributed by atoms with E-state index in [-0.39, 0.29) is 24.1 Å². The van der Waals surface area contributed by atoms with Crippen LogP contribution < -0.4 is 5.32 Å². The van der Waals surface area contributed by atoms with Crippen molar-refractivity contribution in [3.8, 4) is 0 Å². The number of hydrogen-bond acceptors (Lipinski definition) is 4. The van der Waals surface area contributed by atoms with Gasteiger partial charge in [-0.05, 0) is 27.2 Å². The van der Waals surface area contributed by atoms with Crippen molar-refractivity contribution < 1.29 is 19.1 Å². The zero-order valence-electron chi connectivity index (χ0n) is 13.1. The maximum Gasteiger partial charge on any atom is 0.306 e. The molecule has 1 fully saturated rings. The van der Waals surface area contributed by atoms with Crippen molar-refractivity contribution in [2.24, 2.45) is 5.92 Å². The van der Waals surface area contributed by atoms with Crippen LogP contribution in [-0.4, -0.2) is 29.3 Å². The van der Waals surface area contributed by atoms with Crippen LogP contribution in [0.3, 0.4) is 0 Å². The number of nitrogens with one attached hydrogen (secondary N) is 1. The van der Waals surface area contributed by atoms with E-state index in [1.54, 1.807) is 45.0 Å². The predicted octanol–water partition coefficient (Wildman–Crippen LogP) is 2.11. The van der Waals surface area contributed by atoms with E-state index in [2.05, 4.69) is 5.32 Å². The number of carbonyl (C=O) groups is 3. The largest absolute Gasteiger partial charge is 0.460 e. The Hall–Kier alpha value is -2.17. The number of carbonyl (C=O) groups excluding carboxylic acids is 3. The fraction of sp³-hybridized carbons (Fsp3) is 0.471. The topological polar surface area (TPSA) is 72.5 Å². The Kier molecular flexibility index (Phi) is 4.64. The molecule has 1 aromatic rings. The Bertz CT molecular complexity index is 574. The van der Waals surface area contributed by atoms with E-state index in [0.717, 1.165) is 0 Å². The lowest BCUT2D eigenvalue weighted by molar-refractivity contribution is -0.155. The summed E-state index contributed by atoms with van der Waals surface area (Å²) in [5, 5.41) is 2.62. The maximum atomic E-state index is 12.3. The van der Waals surface area contributed by atoms with Crippen LogP contribution in [0.1, 0.15) is 44.0 Å². The first-order valence-electron chi connectivity index (χ1n) is 7.39. The number of ketones is 1. The zero-order valence-corrected chi connectivity index (χ0v) is 13.1. The SMILES string of the molecule is CC(C)(C)OC(=O)CC[C@H]1C(=O)N[C@@H]1C(=O)c1ccccc1. The molecule has 5 heteroatoms. The number of Topliss-reactive ketones (excluding diaryl/α,β-unsaturated/α-hetero) is 1. The standard InChI is InChI=1S/C17H21NO4/c1-17(2,3)22-13(19)10-9-12-14(18-16(12)21)15(20)11-7-5-4-6-8-11/h4-8,12,14H,9-10H2,1-3H3,(H,18,21)/t12-,14+/m1/s1. The fourth-order valence-electron chi connectivity index (χ4n) is 2.41. The molecule has 0 radical (unpaired) electrons. The fourth-order valence-corrected chi connectivity index (χ4v) is 2.41. The first-order chi connectivity index (χ1) is 10.3. The van der Waals surface area contributed by atoms with Gasteiger partial charge < -0.3 is 10.1 Å². The van der Waals surface area contributed by atoms with Gasteiger partial charge in [0, 0.05) is 12.0 Å². The summed E-state index contributed by atoms with van der Waals surface area (Å²) >= 11 is 0. The molecule has 0 bridgehead atoms. The van der Waals surface area contributed by atoms with E-state index < -0.39 is 17.6 Å². The molecular formula is C17H21NO4. The van der Waals surface area contributed by atoms with Gasteiger partial charge in [0.25, 0.3) is 0 Å². The first kappa shape index (κ1) is 16.2. The lowest BCUT2D eigenvalue weighted by Gasteiger charge is -2.35. The monoisotopic (exact) mass is 303 g/mol. The van der Waals surface area contributed by atoms with Crippen LogP contribution in [0.15, 0.2) is 30.3 Å². The van der Waals surface area contributed by atoms with E-state index in [0.29, 0.717) is 12.0 Å². The van der Waals surface area contributed by atoms with Gasteiger partial charge in [-0.1, -0.05) is 30.3 Å². The van der Waals surface area contributed by atoms with Crippen LogP contribution >= 0.6 is 0 Å².